The van der Waals surface area contributed by atoms with E-state index in [1.165, 1.54) is 31.4 Å². The summed E-state index contributed by atoms with van der Waals surface area (Å²) in [5, 5.41) is 25.1. The standard InChI is InChI=1S/C16H19FN4O4/c1-18-11(8-25-2)14-20-12(13(22)16(24)21-14)15(23)19-7-9-3-5-10(17)6-4-9/h3-6,11,18,22H,7-8H2,1-2H3,(H,19,23)(H,20,21,24). The summed E-state index contributed by atoms with van der Waals surface area (Å²) in [5.41, 5.74) is 0.307. The van der Waals surface area contributed by atoms with Crippen LogP contribution in [0.5, 0.6) is 11.6 Å². The fraction of sp³-hybridized carbons (Fsp3) is 0.312. The molecule has 0 bridgehead atoms. The fourth-order valence-corrected chi connectivity index (χ4v) is 2.10. The molecule has 0 aliphatic carbocycles. The van der Waals surface area contributed by atoms with Crippen LogP contribution < -0.4 is 10.6 Å². The lowest BCUT2D eigenvalue weighted by Crippen LogP contribution is -2.27. The monoisotopic (exact) mass is 350 g/mol. The average molecular weight is 350 g/mol. The molecule has 1 atom stereocenters. The Kier molecular flexibility index (Phi) is 6.20. The molecule has 0 radical (unpaired) electrons. The number of benzene rings is 1. The highest BCUT2D eigenvalue weighted by Gasteiger charge is 2.23. The van der Waals surface area contributed by atoms with Crippen LogP contribution in [0.4, 0.5) is 4.39 Å². The Hall–Kier alpha value is -2.78. The molecule has 0 aliphatic rings. The zero-order valence-corrected chi connectivity index (χ0v) is 13.8. The molecule has 2 aromatic rings. The molecule has 0 aliphatic heterocycles. The van der Waals surface area contributed by atoms with Gasteiger partial charge in [-0.15, -0.1) is 0 Å². The third-order valence-corrected chi connectivity index (χ3v) is 3.46. The number of nitrogens with one attached hydrogen (secondary N) is 2. The SMILES string of the molecule is CNC(COC)c1nc(O)c(O)c(C(=O)NCc2ccc(F)cc2)n1. The summed E-state index contributed by atoms with van der Waals surface area (Å²) in [6, 6.07) is 5.12. The van der Waals surface area contributed by atoms with Gasteiger partial charge < -0.3 is 25.6 Å². The van der Waals surface area contributed by atoms with Gasteiger partial charge in [0.2, 0.25) is 5.75 Å². The van der Waals surface area contributed by atoms with E-state index in [4.69, 9.17) is 4.74 Å². The Balaban J connectivity index is 2.19. The first-order valence-corrected chi connectivity index (χ1v) is 7.45. The summed E-state index contributed by atoms with van der Waals surface area (Å²) in [5.74, 6) is -2.39. The largest absolute Gasteiger partial charge is 0.501 e. The van der Waals surface area contributed by atoms with Crippen molar-refractivity contribution in [3.63, 3.8) is 0 Å². The van der Waals surface area contributed by atoms with Gasteiger partial charge in [0.25, 0.3) is 11.8 Å². The topological polar surface area (TPSA) is 117 Å². The number of nitrogens with zero attached hydrogens (tertiary/aromatic N) is 2. The molecular formula is C16H19FN4O4. The van der Waals surface area contributed by atoms with Gasteiger partial charge in [0.15, 0.2) is 11.5 Å². The number of hydrogen-bond acceptors (Lipinski definition) is 7. The Bertz CT molecular complexity index is 740. The van der Waals surface area contributed by atoms with Crippen molar-refractivity contribution >= 4 is 5.91 Å². The van der Waals surface area contributed by atoms with Crippen LogP contribution in [-0.2, 0) is 11.3 Å². The quantitative estimate of drug-likeness (QED) is 0.585. The first-order valence-electron chi connectivity index (χ1n) is 7.45. The summed E-state index contributed by atoms with van der Waals surface area (Å²) in [7, 11) is 3.13. The molecule has 25 heavy (non-hydrogen) atoms. The lowest BCUT2D eigenvalue weighted by molar-refractivity contribution is 0.0940. The highest BCUT2D eigenvalue weighted by Crippen LogP contribution is 2.27. The van der Waals surface area contributed by atoms with Gasteiger partial charge in [-0.3, -0.25) is 4.79 Å². The molecule has 0 fully saturated rings. The van der Waals surface area contributed by atoms with Crippen molar-refractivity contribution in [1.29, 1.82) is 0 Å². The van der Waals surface area contributed by atoms with E-state index in [2.05, 4.69) is 20.6 Å². The number of carbonyl (C=O) groups excluding carboxylic acids is 1. The van der Waals surface area contributed by atoms with Gasteiger partial charge in [-0.1, -0.05) is 12.1 Å². The maximum absolute atomic E-state index is 12.9. The van der Waals surface area contributed by atoms with Crippen molar-refractivity contribution in [2.24, 2.45) is 0 Å². The third-order valence-electron chi connectivity index (χ3n) is 3.46. The molecule has 1 amide bonds. The molecule has 1 heterocycles. The maximum atomic E-state index is 12.9. The van der Waals surface area contributed by atoms with Gasteiger partial charge in [0.05, 0.1) is 12.6 Å². The molecule has 0 saturated carbocycles. The Morgan fingerprint density at radius 3 is 2.56 bits per heavy atom. The highest BCUT2D eigenvalue weighted by atomic mass is 19.1. The molecule has 4 N–H and O–H groups in total. The van der Waals surface area contributed by atoms with Gasteiger partial charge in [0, 0.05) is 13.7 Å². The molecule has 1 aromatic carbocycles. The molecule has 134 valence electrons. The number of hydrogen-bond donors (Lipinski definition) is 4. The second-order valence-corrected chi connectivity index (χ2v) is 5.21. The second kappa shape index (κ2) is 8.36. The molecular weight excluding hydrogens is 331 g/mol. The van der Waals surface area contributed by atoms with Crippen LogP contribution in [0.25, 0.3) is 0 Å². The number of ether oxygens (including phenoxy) is 1. The lowest BCUT2D eigenvalue weighted by Gasteiger charge is -2.15. The zero-order chi connectivity index (χ0) is 18.4. The number of aromatic nitrogens is 2. The van der Waals surface area contributed by atoms with Gasteiger partial charge >= 0.3 is 0 Å². The van der Waals surface area contributed by atoms with E-state index in [1.807, 2.05) is 0 Å². The van der Waals surface area contributed by atoms with E-state index in [0.717, 1.165) is 0 Å². The van der Waals surface area contributed by atoms with E-state index in [1.54, 1.807) is 7.05 Å². The van der Waals surface area contributed by atoms with E-state index >= 15 is 0 Å². The third kappa shape index (κ3) is 4.61. The van der Waals surface area contributed by atoms with Crippen LogP contribution in [0.3, 0.4) is 0 Å². The van der Waals surface area contributed by atoms with Crippen LogP contribution in [0.2, 0.25) is 0 Å². The highest BCUT2D eigenvalue weighted by molar-refractivity contribution is 5.95. The van der Waals surface area contributed by atoms with Crippen molar-refractivity contribution in [3.05, 3.63) is 47.2 Å². The van der Waals surface area contributed by atoms with E-state index < -0.39 is 23.6 Å². The second-order valence-electron chi connectivity index (χ2n) is 5.21. The fourth-order valence-electron chi connectivity index (χ4n) is 2.10. The van der Waals surface area contributed by atoms with Crippen molar-refractivity contribution in [2.75, 3.05) is 20.8 Å². The van der Waals surface area contributed by atoms with E-state index in [0.29, 0.717) is 5.56 Å². The van der Waals surface area contributed by atoms with Gasteiger partial charge in [-0.25, -0.2) is 9.37 Å². The lowest BCUT2D eigenvalue weighted by atomic mass is 10.2. The molecule has 8 nitrogen and oxygen atoms in total. The minimum Gasteiger partial charge on any atom is -0.501 e. The maximum Gasteiger partial charge on any atom is 0.274 e. The smallest absolute Gasteiger partial charge is 0.274 e. The van der Waals surface area contributed by atoms with Gasteiger partial charge in [0.1, 0.15) is 5.82 Å². The van der Waals surface area contributed by atoms with Gasteiger partial charge in [-0.2, -0.15) is 4.98 Å². The van der Waals surface area contributed by atoms with E-state index in [9.17, 15) is 19.4 Å². The first kappa shape index (κ1) is 18.6. The average Bonchev–Trinajstić information content (AvgIpc) is 2.61. The summed E-state index contributed by atoms with van der Waals surface area (Å²) in [6.07, 6.45) is 0. The van der Waals surface area contributed by atoms with Crippen molar-refractivity contribution in [1.82, 2.24) is 20.6 Å². The molecule has 9 heteroatoms. The van der Waals surface area contributed by atoms with E-state index in [-0.39, 0.29) is 30.5 Å². The minimum absolute atomic E-state index is 0.103. The predicted octanol–water partition coefficient (Wildman–Crippen LogP) is 0.864. The number of halogens is 1. The number of rotatable bonds is 7. The molecule has 1 unspecified atom stereocenters. The van der Waals surface area contributed by atoms with Crippen LogP contribution in [0.15, 0.2) is 24.3 Å². The van der Waals surface area contributed by atoms with Crippen LogP contribution in [0.1, 0.15) is 27.9 Å². The zero-order valence-electron chi connectivity index (χ0n) is 13.8. The molecule has 0 spiro atoms. The van der Waals surface area contributed by atoms with Gasteiger partial charge in [-0.05, 0) is 24.7 Å². The summed E-state index contributed by atoms with van der Waals surface area (Å²) < 4.78 is 17.9. The Labute approximate surface area is 143 Å². The van der Waals surface area contributed by atoms with Crippen molar-refractivity contribution in [3.8, 4) is 11.6 Å². The van der Waals surface area contributed by atoms with Crippen LogP contribution in [-0.4, -0.2) is 46.9 Å². The summed E-state index contributed by atoms with van der Waals surface area (Å²) in [4.78, 5) is 20.1. The number of aromatic hydroxyl groups is 2. The van der Waals surface area contributed by atoms with Crippen molar-refractivity contribution < 1.29 is 24.1 Å². The number of likely N-dealkylation sites (N-methyl/N-ethyl adjacent to an activating group) is 1. The minimum atomic E-state index is -0.715. The Morgan fingerprint density at radius 2 is 1.96 bits per heavy atom. The molecule has 0 saturated heterocycles. The number of amides is 1. The summed E-state index contributed by atoms with van der Waals surface area (Å²) >= 11 is 0. The normalized spacial score (nSPS) is 12.0. The molecule has 1 aromatic heterocycles. The number of methoxy groups -OCH3 is 1. The number of carbonyl (C=O) groups is 1. The summed E-state index contributed by atoms with van der Waals surface area (Å²) in [6.45, 7) is 0.309. The predicted molar refractivity (Wildman–Crippen MR) is 86.6 cm³/mol. The Morgan fingerprint density at radius 1 is 1.28 bits per heavy atom. The van der Waals surface area contributed by atoms with Crippen LogP contribution >= 0.6 is 0 Å². The molecule has 2 rings (SSSR count). The first-order chi connectivity index (χ1) is 12.0. The van der Waals surface area contributed by atoms with Crippen LogP contribution in [0, 0.1) is 5.82 Å². The van der Waals surface area contributed by atoms with Crippen molar-refractivity contribution in [2.45, 2.75) is 12.6 Å².